The first-order valence-corrected chi connectivity index (χ1v) is 12.9. The lowest BCUT2D eigenvalue weighted by molar-refractivity contribution is -0.141. The standard InChI is InChI=1S/C25H33N3O7S/c1-24(2,3)35-23(32)28-14-19(26-16-28)13-20(22(30)31)27-21(29)18(12-17-10-8-7-9-11-17)15-36(33,34)25(4,5)6/h7-12,14,16,20H,13,15H2,1-6H3,(H,27,29)(H,30,31)/t20-/m0/s1. The molecule has 0 saturated heterocycles. The maximum Gasteiger partial charge on any atom is 0.419 e. The SMILES string of the molecule is CC(C)(C)OC(=O)n1cnc(C[C@H](NC(=O)C(=Cc2ccccc2)CS(=O)(=O)C(C)(C)C)C(=O)O)c1. The van der Waals surface area contributed by atoms with E-state index in [1.54, 1.807) is 51.1 Å². The molecule has 1 atom stereocenters. The van der Waals surface area contributed by atoms with Crippen molar-refractivity contribution in [1.82, 2.24) is 14.9 Å². The second-order valence-corrected chi connectivity index (χ2v) is 13.0. The molecule has 36 heavy (non-hydrogen) atoms. The van der Waals surface area contributed by atoms with Crippen molar-refractivity contribution in [2.45, 2.75) is 64.4 Å². The number of aliphatic carboxylic acids is 1. The Morgan fingerprint density at radius 2 is 1.72 bits per heavy atom. The molecule has 10 nitrogen and oxygen atoms in total. The second-order valence-electron chi connectivity index (χ2n) is 10.3. The number of carbonyl (C=O) groups excluding carboxylic acids is 2. The zero-order valence-electron chi connectivity index (χ0n) is 21.3. The first-order valence-electron chi connectivity index (χ1n) is 11.3. The van der Waals surface area contributed by atoms with Crippen LogP contribution in [0.25, 0.3) is 6.08 Å². The van der Waals surface area contributed by atoms with E-state index in [0.29, 0.717) is 5.56 Å². The van der Waals surface area contributed by atoms with Crippen molar-refractivity contribution in [2.75, 3.05) is 5.75 Å². The lowest BCUT2D eigenvalue weighted by Crippen LogP contribution is -2.44. The van der Waals surface area contributed by atoms with Crippen molar-refractivity contribution in [3.63, 3.8) is 0 Å². The third kappa shape index (κ3) is 8.33. The van der Waals surface area contributed by atoms with Gasteiger partial charge in [0.2, 0.25) is 5.91 Å². The van der Waals surface area contributed by atoms with Crippen molar-refractivity contribution >= 4 is 33.9 Å². The highest BCUT2D eigenvalue weighted by Crippen LogP contribution is 2.20. The summed E-state index contributed by atoms with van der Waals surface area (Å²) in [6, 6.07) is 7.24. The Hall–Kier alpha value is -3.47. The first-order chi connectivity index (χ1) is 16.5. The van der Waals surface area contributed by atoms with Gasteiger partial charge in [-0.1, -0.05) is 30.3 Å². The van der Waals surface area contributed by atoms with E-state index >= 15 is 0 Å². The summed E-state index contributed by atoms with van der Waals surface area (Å²) in [6.07, 6.45) is 3.02. The average Bonchev–Trinajstić information content (AvgIpc) is 3.20. The fourth-order valence-electron chi connectivity index (χ4n) is 2.89. The van der Waals surface area contributed by atoms with Crippen LogP contribution in [0.1, 0.15) is 52.8 Å². The van der Waals surface area contributed by atoms with Gasteiger partial charge in [0.15, 0.2) is 9.84 Å². The van der Waals surface area contributed by atoms with Crippen molar-refractivity contribution in [1.29, 1.82) is 0 Å². The Morgan fingerprint density at radius 1 is 1.11 bits per heavy atom. The highest BCUT2D eigenvalue weighted by Gasteiger charge is 2.33. The van der Waals surface area contributed by atoms with Gasteiger partial charge in [-0.25, -0.2) is 27.6 Å². The fourth-order valence-corrected chi connectivity index (χ4v) is 3.94. The van der Waals surface area contributed by atoms with Crippen LogP contribution < -0.4 is 5.32 Å². The zero-order valence-corrected chi connectivity index (χ0v) is 22.1. The van der Waals surface area contributed by atoms with Gasteiger partial charge in [-0.05, 0) is 53.2 Å². The number of imidazole rings is 1. The summed E-state index contributed by atoms with van der Waals surface area (Å²) in [5.41, 5.74) is -0.00519. The highest BCUT2D eigenvalue weighted by atomic mass is 32.2. The number of carbonyl (C=O) groups is 3. The number of benzene rings is 1. The van der Waals surface area contributed by atoms with E-state index in [4.69, 9.17) is 4.74 Å². The largest absolute Gasteiger partial charge is 0.480 e. The molecule has 0 saturated carbocycles. The zero-order chi connectivity index (χ0) is 27.3. The molecule has 0 aliphatic carbocycles. The number of nitrogens with zero attached hydrogens (tertiary/aromatic N) is 2. The number of carboxylic acids is 1. The molecule has 0 unspecified atom stereocenters. The Morgan fingerprint density at radius 3 is 2.25 bits per heavy atom. The first kappa shape index (κ1) is 28.8. The minimum absolute atomic E-state index is 0.0957. The maximum absolute atomic E-state index is 13.1. The van der Waals surface area contributed by atoms with E-state index in [2.05, 4.69) is 10.3 Å². The van der Waals surface area contributed by atoms with Crippen molar-refractivity contribution in [3.8, 4) is 0 Å². The lowest BCUT2D eigenvalue weighted by Gasteiger charge is -2.21. The molecule has 2 N–H and O–H groups in total. The number of rotatable bonds is 8. The monoisotopic (exact) mass is 519 g/mol. The Labute approximate surface area is 211 Å². The number of sulfone groups is 1. The summed E-state index contributed by atoms with van der Waals surface area (Å²) in [6.45, 7) is 9.71. The maximum atomic E-state index is 13.1. The predicted molar refractivity (Wildman–Crippen MR) is 135 cm³/mol. The number of carboxylic acid groups (broad SMARTS) is 1. The van der Waals surface area contributed by atoms with Crippen LogP contribution >= 0.6 is 0 Å². The van der Waals surface area contributed by atoms with Crippen LogP contribution in [0.5, 0.6) is 0 Å². The molecule has 0 spiro atoms. The number of hydrogen-bond donors (Lipinski definition) is 2. The van der Waals surface area contributed by atoms with Crippen LogP contribution in [0.3, 0.4) is 0 Å². The Kier molecular flexibility index (Phi) is 8.84. The number of nitrogens with one attached hydrogen (secondary N) is 1. The molecular formula is C25H33N3O7S. The van der Waals surface area contributed by atoms with Gasteiger partial charge in [-0.15, -0.1) is 0 Å². The van der Waals surface area contributed by atoms with E-state index in [0.717, 1.165) is 4.57 Å². The molecule has 0 fully saturated rings. The van der Waals surface area contributed by atoms with Crippen LogP contribution in [0, 0.1) is 0 Å². The normalized spacial score (nSPS) is 13.7. The molecule has 1 amide bonds. The van der Waals surface area contributed by atoms with Gasteiger partial charge >= 0.3 is 12.1 Å². The topological polar surface area (TPSA) is 145 Å². The molecule has 1 heterocycles. The van der Waals surface area contributed by atoms with E-state index in [9.17, 15) is 27.9 Å². The summed E-state index contributed by atoms with van der Waals surface area (Å²) in [5.74, 6) is -2.74. The second kappa shape index (κ2) is 11.1. The molecule has 0 aliphatic rings. The molecule has 1 aromatic heterocycles. The van der Waals surface area contributed by atoms with Crippen LogP contribution in [0.4, 0.5) is 4.79 Å². The van der Waals surface area contributed by atoms with Gasteiger partial charge in [-0.3, -0.25) is 4.79 Å². The van der Waals surface area contributed by atoms with Gasteiger partial charge in [0, 0.05) is 18.2 Å². The average molecular weight is 520 g/mol. The molecule has 2 aromatic rings. The summed E-state index contributed by atoms with van der Waals surface area (Å²) in [5, 5.41) is 12.1. The van der Waals surface area contributed by atoms with E-state index in [1.807, 2.05) is 0 Å². The van der Waals surface area contributed by atoms with Gasteiger partial charge < -0.3 is 15.2 Å². The Balaban J connectivity index is 2.28. The molecule has 196 valence electrons. The summed E-state index contributed by atoms with van der Waals surface area (Å²) in [4.78, 5) is 41.3. The van der Waals surface area contributed by atoms with Crippen molar-refractivity contribution < 1.29 is 32.6 Å². The molecule has 11 heteroatoms. The predicted octanol–water partition coefficient (Wildman–Crippen LogP) is 3.08. The van der Waals surface area contributed by atoms with Gasteiger partial charge in [-0.2, -0.15) is 0 Å². The third-order valence-corrected chi connectivity index (χ3v) is 7.52. The van der Waals surface area contributed by atoms with E-state index < -0.39 is 49.9 Å². The highest BCUT2D eigenvalue weighted by molar-refractivity contribution is 7.92. The van der Waals surface area contributed by atoms with Gasteiger partial charge in [0.05, 0.1) is 16.2 Å². The van der Waals surface area contributed by atoms with Gasteiger partial charge in [0.25, 0.3) is 0 Å². The molecule has 0 radical (unpaired) electrons. The van der Waals surface area contributed by atoms with E-state index in [-0.39, 0.29) is 17.7 Å². The summed E-state index contributed by atoms with van der Waals surface area (Å²) in [7, 11) is -3.74. The lowest BCUT2D eigenvalue weighted by atomic mass is 10.1. The number of aromatic nitrogens is 2. The van der Waals surface area contributed by atoms with Crippen LogP contribution in [0.15, 0.2) is 48.4 Å². The quantitative estimate of drug-likeness (QED) is 0.506. The van der Waals surface area contributed by atoms with Crippen LogP contribution in [-0.4, -0.2) is 63.2 Å². The number of amides is 1. The van der Waals surface area contributed by atoms with Crippen LogP contribution in [-0.2, 0) is 30.6 Å². The van der Waals surface area contributed by atoms with Crippen molar-refractivity contribution in [2.24, 2.45) is 0 Å². The molecular weight excluding hydrogens is 486 g/mol. The molecule has 0 bridgehead atoms. The molecule has 2 rings (SSSR count). The van der Waals surface area contributed by atoms with Crippen LogP contribution in [0.2, 0.25) is 0 Å². The van der Waals surface area contributed by atoms with E-state index in [1.165, 1.54) is 39.4 Å². The molecule has 1 aromatic carbocycles. The number of ether oxygens (including phenoxy) is 1. The number of hydrogen-bond acceptors (Lipinski definition) is 7. The Bertz CT molecular complexity index is 1230. The smallest absolute Gasteiger partial charge is 0.419 e. The fraction of sp³-hybridized carbons (Fsp3) is 0.440. The minimum Gasteiger partial charge on any atom is -0.480 e. The van der Waals surface area contributed by atoms with Crippen molar-refractivity contribution in [3.05, 3.63) is 59.7 Å². The minimum atomic E-state index is -3.74. The third-order valence-electron chi connectivity index (χ3n) is 4.97. The molecule has 0 aliphatic heterocycles. The summed E-state index contributed by atoms with van der Waals surface area (Å²) < 4.78 is 30.9. The van der Waals surface area contributed by atoms with Gasteiger partial charge in [0.1, 0.15) is 18.0 Å². The summed E-state index contributed by atoms with van der Waals surface area (Å²) >= 11 is 0.